The third kappa shape index (κ3) is 3.72. The second-order valence-electron chi connectivity index (χ2n) is 6.81. The highest BCUT2D eigenvalue weighted by molar-refractivity contribution is 5.78. The Bertz CT molecular complexity index is 914. The molecule has 1 N–H and O–H groups in total. The number of nitrogens with one attached hydrogen (secondary N) is 1. The topological polar surface area (TPSA) is 56.2 Å². The fourth-order valence-electron chi connectivity index (χ4n) is 3.15. The highest BCUT2D eigenvalue weighted by atomic mass is 16.5. The average Bonchev–Trinajstić information content (AvgIpc) is 3.45. The Morgan fingerprint density at radius 2 is 2.04 bits per heavy atom. The summed E-state index contributed by atoms with van der Waals surface area (Å²) in [5, 5.41) is 2.95. The second kappa shape index (κ2) is 7.20. The van der Waals surface area contributed by atoms with Gasteiger partial charge in [0, 0.05) is 19.5 Å². The molecule has 4 rings (SSSR count). The van der Waals surface area contributed by atoms with Gasteiger partial charge in [-0.3, -0.25) is 4.79 Å². The van der Waals surface area contributed by atoms with Gasteiger partial charge in [-0.2, -0.15) is 0 Å². The van der Waals surface area contributed by atoms with Crippen molar-refractivity contribution in [2.75, 3.05) is 6.61 Å². The Morgan fingerprint density at radius 1 is 1.23 bits per heavy atom. The number of ether oxygens (including phenoxy) is 1. The molecular weight excluding hydrogens is 326 g/mol. The van der Waals surface area contributed by atoms with Gasteiger partial charge >= 0.3 is 0 Å². The van der Waals surface area contributed by atoms with Gasteiger partial charge < -0.3 is 14.6 Å². The van der Waals surface area contributed by atoms with Crippen LogP contribution in [0.1, 0.15) is 36.6 Å². The normalized spacial score (nSPS) is 13.7. The highest BCUT2D eigenvalue weighted by Gasteiger charge is 2.28. The molecule has 0 unspecified atom stereocenters. The van der Waals surface area contributed by atoms with Crippen molar-refractivity contribution < 1.29 is 9.53 Å². The first-order valence-electron chi connectivity index (χ1n) is 9.10. The number of amides is 1. The number of fused-ring (bicyclic) bond motifs is 1. The summed E-state index contributed by atoms with van der Waals surface area (Å²) in [4.78, 5) is 16.8. The van der Waals surface area contributed by atoms with Gasteiger partial charge in [0.15, 0.2) is 0 Å². The van der Waals surface area contributed by atoms with Gasteiger partial charge in [0.2, 0.25) is 5.91 Å². The van der Waals surface area contributed by atoms with Crippen molar-refractivity contribution in [1.29, 1.82) is 0 Å². The van der Waals surface area contributed by atoms with E-state index in [1.54, 1.807) is 0 Å². The van der Waals surface area contributed by atoms with Crippen LogP contribution in [-0.4, -0.2) is 22.1 Å². The largest absolute Gasteiger partial charge is 0.493 e. The summed E-state index contributed by atoms with van der Waals surface area (Å²) in [6.45, 7) is 0.884. The van der Waals surface area contributed by atoms with E-state index in [1.807, 2.05) is 30.3 Å². The average molecular weight is 349 g/mol. The molecule has 134 valence electrons. The molecule has 26 heavy (non-hydrogen) atoms. The summed E-state index contributed by atoms with van der Waals surface area (Å²) >= 11 is 0. The maximum Gasteiger partial charge on any atom is 0.223 e. The van der Waals surface area contributed by atoms with E-state index in [1.165, 1.54) is 18.7 Å². The van der Waals surface area contributed by atoms with Gasteiger partial charge in [-0.15, -0.1) is 0 Å². The van der Waals surface area contributed by atoms with Gasteiger partial charge in [0.25, 0.3) is 0 Å². The van der Waals surface area contributed by atoms with Crippen LogP contribution in [0.25, 0.3) is 11.0 Å². The van der Waals surface area contributed by atoms with Crippen molar-refractivity contribution in [2.45, 2.75) is 31.7 Å². The van der Waals surface area contributed by atoms with Crippen LogP contribution in [0.2, 0.25) is 0 Å². The standard InChI is InChI=1S/C21H23N3O2/c1-24-19-10-7-15(13-18(19)23-21(24)16-8-9-16)14-22-20(25)11-12-26-17-5-3-2-4-6-17/h2-7,10,13,16H,8-9,11-12,14H2,1H3,(H,22,25). The van der Waals surface area contributed by atoms with Crippen molar-refractivity contribution >= 4 is 16.9 Å². The number of carbonyl (C=O) groups excluding carboxylic acids is 1. The Morgan fingerprint density at radius 3 is 2.81 bits per heavy atom. The van der Waals surface area contributed by atoms with Crippen molar-refractivity contribution in [2.24, 2.45) is 7.05 Å². The van der Waals surface area contributed by atoms with Crippen LogP contribution in [0.15, 0.2) is 48.5 Å². The number of aromatic nitrogens is 2. The Hall–Kier alpha value is -2.82. The molecule has 5 heteroatoms. The number of rotatable bonds is 7. The minimum absolute atomic E-state index is 0.0132. The van der Waals surface area contributed by atoms with Crippen LogP contribution >= 0.6 is 0 Å². The van der Waals surface area contributed by atoms with Gasteiger partial charge in [-0.25, -0.2) is 4.98 Å². The number of carbonyl (C=O) groups is 1. The number of aryl methyl sites for hydroxylation is 1. The summed E-state index contributed by atoms with van der Waals surface area (Å²) < 4.78 is 7.75. The zero-order valence-electron chi connectivity index (χ0n) is 14.9. The molecule has 1 aliphatic carbocycles. The van der Waals surface area contributed by atoms with E-state index in [-0.39, 0.29) is 5.91 Å². The molecule has 2 aromatic carbocycles. The summed E-state index contributed by atoms with van der Waals surface area (Å²) in [7, 11) is 2.08. The minimum atomic E-state index is -0.0132. The quantitative estimate of drug-likeness (QED) is 0.710. The molecule has 1 heterocycles. The maximum atomic E-state index is 12.0. The minimum Gasteiger partial charge on any atom is -0.493 e. The number of imidazole rings is 1. The molecule has 1 saturated carbocycles. The van der Waals surface area contributed by atoms with Crippen molar-refractivity contribution in [3.05, 3.63) is 59.9 Å². The van der Waals surface area contributed by atoms with Crippen molar-refractivity contribution in [3.63, 3.8) is 0 Å². The SMILES string of the molecule is Cn1c(C2CC2)nc2cc(CNC(=O)CCOc3ccccc3)ccc21. The first-order valence-corrected chi connectivity index (χ1v) is 9.10. The molecule has 0 atom stereocenters. The molecule has 1 aromatic heterocycles. The smallest absolute Gasteiger partial charge is 0.223 e. The molecule has 0 aliphatic heterocycles. The lowest BCUT2D eigenvalue weighted by Crippen LogP contribution is -2.24. The lowest BCUT2D eigenvalue weighted by Gasteiger charge is -2.07. The monoisotopic (exact) mass is 349 g/mol. The van der Waals surface area contributed by atoms with Gasteiger partial charge in [0.1, 0.15) is 11.6 Å². The Balaban J connectivity index is 1.30. The highest BCUT2D eigenvalue weighted by Crippen LogP contribution is 2.40. The molecule has 1 aliphatic rings. The van der Waals surface area contributed by atoms with Crippen LogP contribution in [0, 0.1) is 0 Å². The number of hydrogen-bond donors (Lipinski definition) is 1. The van der Waals surface area contributed by atoms with Crippen LogP contribution < -0.4 is 10.1 Å². The van der Waals surface area contributed by atoms with Gasteiger partial charge in [0.05, 0.1) is 24.1 Å². The van der Waals surface area contributed by atoms with Crippen LogP contribution in [0.4, 0.5) is 0 Å². The van der Waals surface area contributed by atoms with E-state index in [0.29, 0.717) is 25.5 Å². The molecular formula is C21H23N3O2. The molecule has 0 saturated heterocycles. The van der Waals surface area contributed by atoms with E-state index in [9.17, 15) is 4.79 Å². The summed E-state index contributed by atoms with van der Waals surface area (Å²) in [5.74, 6) is 2.58. The first kappa shape index (κ1) is 16.6. The lowest BCUT2D eigenvalue weighted by atomic mass is 10.2. The van der Waals surface area contributed by atoms with Crippen LogP contribution in [0.5, 0.6) is 5.75 Å². The zero-order chi connectivity index (χ0) is 17.9. The van der Waals surface area contributed by atoms with E-state index in [0.717, 1.165) is 22.3 Å². The summed E-state index contributed by atoms with van der Waals surface area (Å²) in [6, 6.07) is 15.8. The molecule has 1 amide bonds. The first-order chi connectivity index (χ1) is 12.7. The van der Waals surface area contributed by atoms with Gasteiger partial charge in [-0.05, 0) is 42.7 Å². The molecule has 5 nitrogen and oxygen atoms in total. The maximum absolute atomic E-state index is 12.0. The van der Waals surface area contributed by atoms with E-state index in [2.05, 4.69) is 35.1 Å². The Kier molecular flexibility index (Phi) is 4.61. The molecule has 3 aromatic rings. The molecule has 1 fully saturated rings. The molecule has 0 radical (unpaired) electrons. The number of benzene rings is 2. The number of nitrogens with zero attached hydrogens (tertiary/aromatic N) is 2. The predicted molar refractivity (Wildman–Crippen MR) is 101 cm³/mol. The van der Waals surface area contributed by atoms with E-state index in [4.69, 9.17) is 9.72 Å². The molecule has 0 spiro atoms. The van der Waals surface area contributed by atoms with Crippen molar-refractivity contribution in [3.8, 4) is 5.75 Å². The third-order valence-electron chi connectivity index (χ3n) is 4.75. The zero-order valence-corrected chi connectivity index (χ0v) is 14.9. The Labute approximate surface area is 153 Å². The van der Waals surface area contributed by atoms with E-state index >= 15 is 0 Å². The predicted octanol–water partition coefficient (Wildman–Crippen LogP) is 3.54. The van der Waals surface area contributed by atoms with E-state index < -0.39 is 0 Å². The fraction of sp³-hybridized carbons (Fsp3) is 0.333. The molecule has 0 bridgehead atoms. The second-order valence-corrected chi connectivity index (χ2v) is 6.81. The van der Waals surface area contributed by atoms with Crippen LogP contribution in [0.3, 0.4) is 0 Å². The van der Waals surface area contributed by atoms with Gasteiger partial charge in [-0.1, -0.05) is 24.3 Å². The number of para-hydroxylation sites is 1. The summed E-state index contributed by atoms with van der Waals surface area (Å²) in [5.41, 5.74) is 3.22. The number of hydrogen-bond acceptors (Lipinski definition) is 3. The van der Waals surface area contributed by atoms with Crippen LogP contribution in [-0.2, 0) is 18.4 Å². The lowest BCUT2D eigenvalue weighted by molar-refractivity contribution is -0.121. The third-order valence-corrected chi connectivity index (χ3v) is 4.75. The fourth-order valence-corrected chi connectivity index (χ4v) is 3.15. The van der Waals surface area contributed by atoms with Crippen molar-refractivity contribution in [1.82, 2.24) is 14.9 Å². The summed E-state index contributed by atoms with van der Waals surface area (Å²) in [6.07, 6.45) is 2.82.